The van der Waals surface area contributed by atoms with E-state index in [4.69, 9.17) is 4.42 Å². The molecule has 1 amide bonds. The Hall–Kier alpha value is -2.49. The van der Waals surface area contributed by atoms with Gasteiger partial charge in [0.15, 0.2) is 5.13 Å². The predicted molar refractivity (Wildman–Crippen MR) is 125 cm³/mol. The van der Waals surface area contributed by atoms with Crippen molar-refractivity contribution in [2.75, 3.05) is 18.4 Å². The summed E-state index contributed by atoms with van der Waals surface area (Å²) < 4.78 is 32.6. The van der Waals surface area contributed by atoms with Crippen LogP contribution >= 0.6 is 11.3 Å². The number of aryl methyl sites for hydroxylation is 3. The fraction of sp³-hybridized carbons (Fsp3) is 0.391. The van der Waals surface area contributed by atoms with E-state index in [1.807, 2.05) is 25.3 Å². The van der Waals surface area contributed by atoms with Crippen LogP contribution in [0.1, 0.15) is 42.8 Å². The van der Waals surface area contributed by atoms with Crippen molar-refractivity contribution < 1.29 is 17.6 Å². The number of anilines is 1. The predicted octanol–water partition coefficient (Wildman–Crippen LogP) is 4.77. The van der Waals surface area contributed by atoms with E-state index in [1.165, 1.54) is 11.3 Å². The first-order chi connectivity index (χ1) is 15.3. The average Bonchev–Trinajstić information content (AvgIpc) is 3.38. The Morgan fingerprint density at radius 2 is 1.88 bits per heavy atom. The van der Waals surface area contributed by atoms with Gasteiger partial charge in [0.05, 0.1) is 10.6 Å². The standard InChI is InChI=1S/C23H27N3O4S2/c1-16-14-20(17(2)30-16)21-15-31-23(24-21)25-22(27)11-8-18-6-9-19(10-7-18)32(28,29)26-12-4-3-5-13-26/h6-7,9-10,14-15H,3-5,8,11-13H2,1-2H3,(H,24,25,27). The molecular formula is C23H27N3O4S2. The Kier molecular flexibility index (Phi) is 6.78. The van der Waals surface area contributed by atoms with Crippen molar-refractivity contribution in [1.82, 2.24) is 9.29 Å². The molecule has 0 saturated carbocycles. The molecule has 3 heterocycles. The number of rotatable bonds is 7. The summed E-state index contributed by atoms with van der Waals surface area (Å²) in [7, 11) is -3.43. The lowest BCUT2D eigenvalue weighted by molar-refractivity contribution is -0.116. The molecular weight excluding hydrogens is 446 g/mol. The van der Waals surface area contributed by atoms with Crippen LogP contribution < -0.4 is 5.32 Å². The van der Waals surface area contributed by atoms with Crippen molar-refractivity contribution in [3.05, 3.63) is 52.8 Å². The summed E-state index contributed by atoms with van der Waals surface area (Å²) in [5, 5.41) is 5.29. The van der Waals surface area contributed by atoms with Crippen LogP contribution in [0.15, 0.2) is 45.0 Å². The van der Waals surface area contributed by atoms with Crippen LogP contribution in [-0.4, -0.2) is 36.7 Å². The lowest BCUT2D eigenvalue weighted by atomic mass is 10.1. The number of piperidine rings is 1. The summed E-state index contributed by atoms with van der Waals surface area (Å²) >= 11 is 1.37. The van der Waals surface area contributed by atoms with Gasteiger partial charge in [-0.05, 0) is 56.9 Å². The molecule has 0 atom stereocenters. The highest BCUT2D eigenvalue weighted by Gasteiger charge is 2.25. The molecule has 0 spiro atoms. The van der Waals surface area contributed by atoms with Crippen molar-refractivity contribution >= 4 is 32.4 Å². The molecule has 7 nitrogen and oxygen atoms in total. The minimum absolute atomic E-state index is 0.129. The van der Waals surface area contributed by atoms with E-state index in [-0.39, 0.29) is 12.3 Å². The SMILES string of the molecule is Cc1cc(-c2csc(NC(=O)CCc3ccc(S(=O)(=O)N4CCCCC4)cc3)n2)c(C)o1. The van der Waals surface area contributed by atoms with Gasteiger partial charge in [0.25, 0.3) is 0 Å². The summed E-state index contributed by atoms with van der Waals surface area (Å²) in [4.78, 5) is 17.2. The molecule has 1 aliphatic rings. The number of nitrogens with one attached hydrogen (secondary N) is 1. The van der Waals surface area contributed by atoms with Crippen molar-refractivity contribution in [2.24, 2.45) is 0 Å². The zero-order valence-electron chi connectivity index (χ0n) is 18.3. The summed E-state index contributed by atoms with van der Waals surface area (Å²) in [6.07, 6.45) is 3.71. The van der Waals surface area contributed by atoms with Gasteiger partial charge in [0, 0.05) is 30.5 Å². The van der Waals surface area contributed by atoms with Crippen molar-refractivity contribution in [3.8, 4) is 11.3 Å². The topological polar surface area (TPSA) is 92.5 Å². The molecule has 9 heteroatoms. The number of thiazole rings is 1. The van der Waals surface area contributed by atoms with Gasteiger partial charge in [-0.2, -0.15) is 4.31 Å². The van der Waals surface area contributed by atoms with E-state index >= 15 is 0 Å². The summed E-state index contributed by atoms with van der Waals surface area (Å²) in [5.74, 6) is 1.50. The zero-order valence-corrected chi connectivity index (χ0v) is 19.9. The maximum absolute atomic E-state index is 12.7. The fourth-order valence-corrected chi connectivity index (χ4v) is 6.11. The second kappa shape index (κ2) is 9.56. The fourth-order valence-electron chi connectivity index (χ4n) is 3.86. The highest BCUT2D eigenvalue weighted by atomic mass is 32.2. The number of nitrogens with zero attached hydrogens (tertiary/aromatic N) is 2. The molecule has 32 heavy (non-hydrogen) atoms. The molecule has 0 radical (unpaired) electrons. The molecule has 1 aliphatic heterocycles. The van der Waals surface area contributed by atoms with E-state index in [9.17, 15) is 13.2 Å². The Morgan fingerprint density at radius 3 is 2.53 bits per heavy atom. The molecule has 0 unspecified atom stereocenters. The van der Waals surface area contributed by atoms with E-state index < -0.39 is 10.0 Å². The van der Waals surface area contributed by atoms with E-state index in [1.54, 1.807) is 28.6 Å². The number of hydrogen-bond acceptors (Lipinski definition) is 6. The van der Waals surface area contributed by atoms with Crippen LogP contribution in [0.25, 0.3) is 11.3 Å². The lowest BCUT2D eigenvalue weighted by Crippen LogP contribution is -2.35. The van der Waals surface area contributed by atoms with E-state index in [2.05, 4.69) is 10.3 Å². The second-order valence-corrected chi connectivity index (χ2v) is 10.8. The van der Waals surface area contributed by atoms with Crippen LogP contribution in [0.2, 0.25) is 0 Å². The van der Waals surface area contributed by atoms with Gasteiger partial charge in [-0.1, -0.05) is 18.6 Å². The maximum Gasteiger partial charge on any atom is 0.243 e. The van der Waals surface area contributed by atoms with Gasteiger partial charge in [0.2, 0.25) is 15.9 Å². The smallest absolute Gasteiger partial charge is 0.243 e. The average molecular weight is 474 g/mol. The van der Waals surface area contributed by atoms with Crippen molar-refractivity contribution in [3.63, 3.8) is 0 Å². The minimum Gasteiger partial charge on any atom is -0.466 e. The first kappa shape index (κ1) is 22.7. The van der Waals surface area contributed by atoms with Crippen molar-refractivity contribution in [1.29, 1.82) is 0 Å². The molecule has 1 fully saturated rings. The van der Waals surface area contributed by atoms with Crippen LogP contribution in [0.3, 0.4) is 0 Å². The van der Waals surface area contributed by atoms with Gasteiger partial charge in [-0.25, -0.2) is 13.4 Å². The molecule has 0 bridgehead atoms. The first-order valence-electron chi connectivity index (χ1n) is 10.7. The van der Waals surface area contributed by atoms with Crippen LogP contribution in [0.5, 0.6) is 0 Å². The molecule has 1 aromatic carbocycles. The molecule has 1 saturated heterocycles. The molecule has 4 rings (SSSR count). The minimum atomic E-state index is -3.43. The van der Waals surface area contributed by atoms with Crippen molar-refractivity contribution in [2.45, 2.75) is 50.8 Å². The highest BCUT2D eigenvalue weighted by Crippen LogP contribution is 2.29. The monoisotopic (exact) mass is 473 g/mol. The number of aromatic nitrogens is 1. The van der Waals surface area contributed by atoms with Gasteiger partial charge < -0.3 is 9.73 Å². The molecule has 1 N–H and O–H groups in total. The summed E-state index contributed by atoms with van der Waals surface area (Å²) in [6.45, 7) is 4.95. The third-order valence-corrected chi connectivity index (χ3v) is 8.25. The number of benzene rings is 1. The number of sulfonamides is 1. The maximum atomic E-state index is 12.7. The van der Waals surface area contributed by atoms with Crippen LogP contribution in [0, 0.1) is 13.8 Å². The third-order valence-electron chi connectivity index (χ3n) is 5.58. The normalized spacial score (nSPS) is 15.1. The van der Waals surface area contributed by atoms with Gasteiger partial charge in [-0.15, -0.1) is 11.3 Å². The summed E-state index contributed by atoms with van der Waals surface area (Å²) in [6, 6.07) is 8.79. The van der Waals surface area contributed by atoms with Crippen LogP contribution in [0.4, 0.5) is 5.13 Å². The lowest BCUT2D eigenvalue weighted by Gasteiger charge is -2.25. The van der Waals surface area contributed by atoms with Crippen LogP contribution in [-0.2, 0) is 21.2 Å². The molecule has 3 aromatic rings. The largest absolute Gasteiger partial charge is 0.466 e. The zero-order chi connectivity index (χ0) is 22.7. The number of amides is 1. The Balaban J connectivity index is 1.32. The van der Waals surface area contributed by atoms with Gasteiger partial charge in [0.1, 0.15) is 11.5 Å². The first-order valence-corrected chi connectivity index (χ1v) is 13.1. The highest BCUT2D eigenvalue weighted by molar-refractivity contribution is 7.89. The number of carbonyl (C=O) groups is 1. The number of hydrogen-bond donors (Lipinski definition) is 1. The Bertz CT molecular complexity index is 1190. The number of carbonyl (C=O) groups excluding carboxylic acids is 1. The number of furan rings is 1. The second-order valence-electron chi connectivity index (χ2n) is 8.02. The van der Waals surface area contributed by atoms with E-state index in [0.717, 1.165) is 47.6 Å². The quantitative estimate of drug-likeness (QED) is 0.534. The Morgan fingerprint density at radius 1 is 1.16 bits per heavy atom. The van der Waals surface area contributed by atoms with E-state index in [0.29, 0.717) is 29.5 Å². The molecule has 0 aliphatic carbocycles. The Labute approximate surface area is 192 Å². The van der Waals surface area contributed by atoms with Gasteiger partial charge in [-0.3, -0.25) is 4.79 Å². The molecule has 170 valence electrons. The third kappa shape index (κ3) is 5.11. The van der Waals surface area contributed by atoms with Gasteiger partial charge >= 0.3 is 0 Å². The summed E-state index contributed by atoms with van der Waals surface area (Å²) in [5.41, 5.74) is 2.63. The molecule has 2 aromatic heterocycles.